The standard InChI is InChI=1S/C94H70N4OSi2/c1-94(2,3)67-58-59-95-91(61-67)98-88-52-25-24-48-83(88)84-56-54-70(63-90(84)98)99-69-32-27-31-68(62-69)96-65-97-92-79(66-30-26-45-77(60-66)100(71-33-10-4-11-34-71,72-35-12-5-13-36-72)73-37-14-6-15-38-73)49-28-50-86(92)87-64-78(55-57-82(87)80-46-22-23-47-81(80)85-51-29-53-89(96)93(85)97)101(74-39-16-7-17-40-74,75-41-18-8-19-42-75)76-43-20-9-21-44-76/h4-64H,1-3H3. The molecule has 4 heterocycles. The highest BCUT2D eigenvalue weighted by molar-refractivity contribution is 7.20. The normalized spacial score (nSPS) is 12.1. The maximum atomic E-state index is 7.08. The van der Waals surface area contributed by atoms with Gasteiger partial charge < -0.3 is 4.74 Å². The van der Waals surface area contributed by atoms with Crippen LogP contribution < -0.4 is 50.8 Å². The van der Waals surface area contributed by atoms with Gasteiger partial charge in [-0.2, -0.15) is 0 Å². The van der Waals surface area contributed by atoms with Gasteiger partial charge in [0, 0.05) is 23.0 Å². The van der Waals surface area contributed by atoms with Crippen LogP contribution in [0.3, 0.4) is 0 Å². The molecule has 480 valence electrons. The van der Waals surface area contributed by atoms with E-state index in [1.165, 1.54) is 47.1 Å². The van der Waals surface area contributed by atoms with Gasteiger partial charge in [0.2, 0.25) is 0 Å². The number of hydrogen-bond donors (Lipinski definition) is 0. The zero-order valence-corrected chi connectivity index (χ0v) is 58.4. The molecule has 0 bridgehead atoms. The monoisotopic (exact) mass is 1330 g/mol. The summed E-state index contributed by atoms with van der Waals surface area (Å²) in [5, 5.41) is 12.8. The Morgan fingerprint density at radius 1 is 0.337 bits per heavy atom. The average molecular weight is 1330 g/mol. The largest absolute Gasteiger partial charge is 0.458 e. The van der Waals surface area contributed by atoms with E-state index < -0.39 is 16.1 Å². The van der Waals surface area contributed by atoms with Crippen molar-refractivity contribution in [3.63, 3.8) is 0 Å². The summed E-state index contributed by atoms with van der Waals surface area (Å²) in [4.78, 5) is 4.99. The number of pyridine rings is 1. The summed E-state index contributed by atoms with van der Waals surface area (Å²) in [5.74, 6) is 2.30. The van der Waals surface area contributed by atoms with Crippen LogP contribution in [0, 0.1) is 6.33 Å². The van der Waals surface area contributed by atoms with Crippen LogP contribution in [0.5, 0.6) is 11.5 Å². The molecule has 0 amide bonds. The van der Waals surface area contributed by atoms with Crippen molar-refractivity contribution in [3.05, 3.63) is 382 Å². The Morgan fingerprint density at radius 3 is 1.42 bits per heavy atom. The Labute approximate surface area is 591 Å². The van der Waals surface area contributed by atoms with E-state index in [1.807, 2.05) is 6.20 Å². The molecule has 0 fully saturated rings. The molecule has 1 aliphatic heterocycles. The van der Waals surface area contributed by atoms with Crippen LogP contribution in [0.25, 0.3) is 94.5 Å². The van der Waals surface area contributed by atoms with Crippen molar-refractivity contribution in [1.82, 2.24) is 14.1 Å². The van der Waals surface area contributed by atoms with Crippen molar-refractivity contribution in [2.75, 3.05) is 0 Å². The number of fused-ring (bicyclic) bond motifs is 10. The summed E-state index contributed by atoms with van der Waals surface area (Å²) in [6, 6.07) is 135. The van der Waals surface area contributed by atoms with E-state index in [9.17, 15) is 0 Å². The second-order valence-electron chi connectivity index (χ2n) is 27.5. The van der Waals surface area contributed by atoms with Crippen molar-refractivity contribution in [3.8, 4) is 73.2 Å². The molecule has 0 saturated heterocycles. The molecule has 18 rings (SSSR count). The van der Waals surface area contributed by atoms with E-state index >= 15 is 0 Å². The van der Waals surface area contributed by atoms with E-state index in [0.29, 0.717) is 5.75 Å². The van der Waals surface area contributed by atoms with Crippen molar-refractivity contribution >= 4 is 90.5 Å². The van der Waals surface area contributed by atoms with Gasteiger partial charge in [-0.3, -0.25) is 13.7 Å². The first kappa shape index (κ1) is 61.1. The van der Waals surface area contributed by atoms with Gasteiger partial charge in [-0.05, 0) is 146 Å². The van der Waals surface area contributed by atoms with Gasteiger partial charge in [0.05, 0.1) is 33.4 Å². The summed E-state index contributed by atoms with van der Waals surface area (Å²) in [6.45, 7) is 6.74. The summed E-state index contributed by atoms with van der Waals surface area (Å²) in [6.07, 6.45) is 6.10. The van der Waals surface area contributed by atoms with E-state index in [2.05, 4.69) is 405 Å². The highest BCUT2D eigenvalue weighted by Gasteiger charge is 2.44. The van der Waals surface area contributed by atoms with Gasteiger partial charge >= 0.3 is 0 Å². The van der Waals surface area contributed by atoms with E-state index in [-0.39, 0.29) is 5.41 Å². The minimum atomic E-state index is -3.08. The molecule has 0 atom stereocenters. The predicted octanol–water partition coefficient (Wildman–Crippen LogP) is 17.0. The van der Waals surface area contributed by atoms with Crippen molar-refractivity contribution in [2.45, 2.75) is 26.2 Å². The van der Waals surface area contributed by atoms with Crippen LogP contribution >= 0.6 is 0 Å². The van der Waals surface area contributed by atoms with Crippen molar-refractivity contribution in [2.24, 2.45) is 0 Å². The molecular weight excluding hydrogens is 1260 g/mol. The number of rotatable bonds is 13. The quantitative estimate of drug-likeness (QED) is 0.0499. The molecule has 17 aromatic rings. The molecule has 1 aliphatic rings. The molecule has 0 N–H and O–H groups in total. The molecule has 0 unspecified atom stereocenters. The van der Waals surface area contributed by atoms with Gasteiger partial charge in [0.1, 0.15) is 17.3 Å². The molecule has 14 aromatic carbocycles. The lowest BCUT2D eigenvalue weighted by molar-refractivity contribution is -0.570. The SMILES string of the molecule is CC(C)(C)c1ccnc(-n2c3ccccc3c3ccc(Oc4cccc(-n5[c-][n+]6c7c(cccc75)-c5ccccc5-c5ccc([Si](c7ccccc7)(c7ccccc7)c7ccccc7)cc5-c5cccc(-c7cccc([Si](c8ccccc8)(c8ccccc8)c8ccccc8)c7)c5-6)c4)cc32)c1. The van der Waals surface area contributed by atoms with Crippen LogP contribution in [0.15, 0.2) is 370 Å². The summed E-state index contributed by atoms with van der Waals surface area (Å²) in [7, 11) is -6.09. The minimum absolute atomic E-state index is 0.0567. The lowest BCUT2D eigenvalue weighted by Gasteiger charge is -2.35. The van der Waals surface area contributed by atoms with Crippen molar-refractivity contribution < 1.29 is 9.30 Å². The topological polar surface area (TPSA) is 35.9 Å². The first-order valence-electron chi connectivity index (χ1n) is 34.8. The number of imidazole rings is 1. The molecule has 3 aromatic heterocycles. The average Bonchev–Trinajstić information content (AvgIpc) is 1.69. The van der Waals surface area contributed by atoms with Crippen LogP contribution in [0.4, 0.5) is 0 Å². The number of nitrogens with zero attached hydrogens (tertiary/aromatic N) is 4. The maximum Gasteiger partial charge on any atom is 0.269 e. The molecule has 101 heavy (non-hydrogen) atoms. The summed E-state index contributed by atoms with van der Waals surface area (Å²) >= 11 is 0. The lowest BCUT2D eigenvalue weighted by atomic mass is 9.88. The molecule has 5 nitrogen and oxygen atoms in total. The van der Waals surface area contributed by atoms with Crippen LogP contribution in [-0.4, -0.2) is 30.3 Å². The fourth-order valence-corrected chi connectivity index (χ4v) is 25.9. The minimum Gasteiger partial charge on any atom is -0.458 e. The summed E-state index contributed by atoms with van der Waals surface area (Å²) in [5.41, 5.74) is 16.2. The predicted molar refractivity (Wildman–Crippen MR) is 424 cm³/mol. The Bertz CT molecular complexity index is 5770. The van der Waals surface area contributed by atoms with E-state index in [4.69, 9.17) is 9.72 Å². The first-order chi connectivity index (χ1) is 49.7. The molecular formula is C94H70N4OSi2. The van der Waals surface area contributed by atoms with Gasteiger partial charge in [0.15, 0.2) is 16.1 Å². The van der Waals surface area contributed by atoms with Crippen molar-refractivity contribution in [1.29, 1.82) is 0 Å². The Balaban J connectivity index is 0.888. The summed E-state index contributed by atoms with van der Waals surface area (Å²) < 4.78 is 14.0. The highest BCUT2D eigenvalue weighted by Crippen LogP contribution is 2.46. The zero-order valence-electron chi connectivity index (χ0n) is 56.4. The second-order valence-corrected chi connectivity index (χ2v) is 35.1. The smallest absolute Gasteiger partial charge is 0.269 e. The maximum absolute atomic E-state index is 7.08. The number of hydrogen-bond acceptors (Lipinski definition) is 2. The highest BCUT2D eigenvalue weighted by atomic mass is 28.3. The third-order valence-corrected chi connectivity index (χ3v) is 30.4. The van der Waals surface area contributed by atoms with Gasteiger partial charge in [-0.15, -0.1) is 0 Å². The number of benzene rings is 14. The second kappa shape index (κ2) is 24.9. The Morgan fingerprint density at radius 2 is 0.802 bits per heavy atom. The molecule has 0 aliphatic carbocycles. The third kappa shape index (κ3) is 10.2. The van der Waals surface area contributed by atoms with Crippen LogP contribution in [0.1, 0.15) is 26.3 Å². The fourth-order valence-electron chi connectivity index (χ4n) is 16.3. The molecule has 7 heteroatoms. The molecule has 0 spiro atoms. The number of aromatic nitrogens is 4. The lowest BCUT2D eigenvalue weighted by Crippen LogP contribution is -2.74. The molecule has 0 radical (unpaired) electrons. The first-order valence-corrected chi connectivity index (χ1v) is 38.8. The third-order valence-electron chi connectivity index (χ3n) is 20.8. The zero-order chi connectivity index (χ0) is 67.7. The Hall–Kier alpha value is -12.3. The number of para-hydroxylation sites is 3. The molecule has 0 saturated carbocycles. The van der Waals surface area contributed by atoms with E-state index in [0.717, 1.165) is 100 Å². The van der Waals surface area contributed by atoms with Crippen LogP contribution in [0.2, 0.25) is 0 Å². The van der Waals surface area contributed by atoms with Gasteiger partial charge in [0.25, 0.3) is 6.33 Å². The van der Waals surface area contributed by atoms with Gasteiger partial charge in [-0.1, -0.05) is 330 Å². The fraction of sp³-hybridized carbons (Fsp3) is 0.0426. The van der Waals surface area contributed by atoms with E-state index in [1.54, 1.807) is 0 Å². The number of ether oxygens (including phenoxy) is 1. The Kier molecular flexibility index (Phi) is 15.1. The van der Waals surface area contributed by atoms with Crippen LogP contribution in [-0.2, 0) is 5.41 Å². The van der Waals surface area contributed by atoms with Gasteiger partial charge in [-0.25, -0.2) is 4.98 Å².